The maximum Gasteiger partial charge on any atom is 0.210 e. The van der Waals surface area contributed by atoms with Crippen LogP contribution in [0.1, 0.15) is 11.6 Å². The Balaban J connectivity index is 1.65. The van der Waals surface area contributed by atoms with Crippen LogP contribution in [0.3, 0.4) is 0 Å². The lowest BCUT2D eigenvalue weighted by Gasteiger charge is -2.26. The Morgan fingerprint density at radius 3 is 2.58 bits per heavy atom. The third-order valence-electron chi connectivity index (χ3n) is 3.92. The third kappa shape index (κ3) is 2.83. The molecular formula is C17H15ClN4OS. The van der Waals surface area contributed by atoms with Crippen LogP contribution in [0.25, 0.3) is 11.4 Å². The fraction of sp³-hybridized carbons (Fsp3) is 0.176. The first kappa shape index (κ1) is 15.4. The number of halogens is 1. The molecule has 1 N–H and O–H groups in total. The molecule has 2 aromatic carbocycles. The molecule has 7 heteroatoms. The van der Waals surface area contributed by atoms with E-state index in [9.17, 15) is 0 Å². The van der Waals surface area contributed by atoms with E-state index in [-0.39, 0.29) is 6.04 Å². The van der Waals surface area contributed by atoms with Gasteiger partial charge in [-0.3, -0.25) is 0 Å². The summed E-state index contributed by atoms with van der Waals surface area (Å²) < 4.78 is 7.16. The lowest BCUT2D eigenvalue weighted by atomic mass is 10.1. The van der Waals surface area contributed by atoms with Crippen LogP contribution in [-0.2, 0) is 0 Å². The van der Waals surface area contributed by atoms with Crippen LogP contribution >= 0.6 is 23.4 Å². The zero-order chi connectivity index (χ0) is 16.5. The Morgan fingerprint density at radius 2 is 1.88 bits per heavy atom. The highest BCUT2D eigenvalue weighted by molar-refractivity contribution is 7.99. The molecule has 2 heterocycles. The summed E-state index contributed by atoms with van der Waals surface area (Å²) in [4.78, 5) is 0. The smallest absolute Gasteiger partial charge is 0.210 e. The highest BCUT2D eigenvalue weighted by Gasteiger charge is 2.24. The Hall–Kier alpha value is -2.18. The Kier molecular flexibility index (Phi) is 4.08. The first-order valence-corrected chi connectivity index (χ1v) is 8.85. The molecule has 0 bridgehead atoms. The fourth-order valence-electron chi connectivity index (χ4n) is 2.62. The van der Waals surface area contributed by atoms with Gasteiger partial charge < -0.3 is 10.2 Å². The Bertz CT molecular complexity index is 848. The van der Waals surface area contributed by atoms with Crippen molar-refractivity contribution in [2.24, 2.45) is 0 Å². The second kappa shape index (κ2) is 6.37. The summed E-state index contributed by atoms with van der Waals surface area (Å²) in [5, 5.41) is 10.2. The van der Waals surface area contributed by atoms with Crippen molar-refractivity contribution in [1.82, 2.24) is 14.9 Å². The van der Waals surface area contributed by atoms with Crippen LogP contribution in [0.2, 0.25) is 5.02 Å². The number of methoxy groups -OCH3 is 1. The minimum absolute atomic E-state index is 0.174. The lowest BCUT2D eigenvalue weighted by molar-refractivity contribution is 0.415. The molecule has 0 fully saturated rings. The molecule has 0 spiro atoms. The molecule has 1 atom stereocenters. The zero-order valence-electron chi connectivity index (χ0n) is 12.9. The number of ether oxygens (including phenoxy) is 1. The van der Waals surface area contributed by atoms with E-state index in [0.717, 1.165) is 33.1 Å². The van der Waals surface area contributed by atoms with Crippen molar-refractivity contribution in [3.63, 3.8) is 0 Å². The average Bonchev–Trinajstić information content (AvgIpc) is 3.05. The number of aromatic nitrogens is 3. The van der Waals surface area contributed by atoms with E-state index in [1.807, 2.05) is 53.2 Å². The summed E-state index contributed by atoms with van der Waals surface area (Å²) >= 11 is 7.67. The first-order valence-electron chi connectivity index (χ1n) is 7.49. The average molecular weight is 359 g/mol. The number of fused-ring (bicyclic) bond motifs is 1. The van der Waals surface area contributed by atoms with E-state index in [4.69, 9.17) is 16.3 Å². The van der Waals surface area contributed by atoms with Crippen LogP contribution in [-0.4, -0.2) is 27.7 Å². The predicted molar refractivity (Wildman–Crippen MR) is 96.3 cm³/mol. The number of hydrogen-bond acceptors (Lipinski definition) is 5. The van der Waals surface area contributed by atoms with Crippen molar-refractivity contribution in [1.29, 1.82) is 0 Å². The van der Waals surface area contributed by atoms with Crippen LogP contribution in [0.15, 0.2) is 53.7 Å². The molecule has 0 saturated heterocycles. The van der Waals surface area contributed by atoms with Crippen molar-refractivity contribution in [3.05, 3.63) is 59.1 Å². The van der Waals surface area contributed by atoms with Crippen molar-refractivity contribution in [3.8, 4) is 17.1 Å². The number of thioether (sulfide) groups is 1. The molecule has 1 aliphatic heterocycles. The van der Waals surface area contributed by atoms with Crippen LogP contribution in [0.4, 0.5) is 0 Å². The van der Waals surface area contributed by atoms with Crippen LogP contribution in [0.5, 0.6) is 5.75 Å². The highest BCUT2D eigenvalue weighted by Crippen LogP contribution is 2.33. The zero-order valence-corrected chi connectivity index (χ0v) is 14.5. The van der Waals surface area contributed by atoms with Crippen molar-refractivity contribution < 1.29 is 4.74 Å². The van der Waals surface area contributed by atoms with Gasteiger partial charge in [0.1, 0.15) is 5.75 Å². The van der Waals surface area contributed by atoms with Crippen molar-refractivity contribution in [2.45, 2.75) is 11.2 Å². The predicted octanol–water partition coefficient (Wildman–Crippen LogP) is 4.00. The van der Waals surface area contributed by atoms with Gasteiger partial charge in [0.05, 0.1) is 13.2 Å². The van der Waals surface area contributed by atoms with Gasteiger partial charge in [-0.2, -0.15) is 0 Å². The summed E-state index contributed by atoms with van der Waals surface area (Å²) in [7, 11) is 1.66. The highest BCUT2D eigenvalue weighted by atomic mass is 35.5. The summed E-state index contributed by atoms with van der Waals surface area (Å²) in [6.45, 7) is 0. The van der Waals surface area contributed by atoms with Gasteiger partial charge in [0.15, 0.2) is 5.82 Å². The summed E-state index contributed by atoms with van der Waals surface area (Å²) in [6, 6.07) is 15.9. The molecule has 0 radical (unpaired) electrons. The van der Waals surface area contributed by atoms with Crippen molar-refractivity contribution >= 4 is 23.4 Å². The summed E-state index contributed by atoms with van der Waals surface area (Å²) in [5.41, 5.74) is 5.68. The molecule has 1 aromatic heterocycles. The number of hydrogen-bond donors (Lipinski definition) is 1. The van der Waals surface area contributed by atoms with Gasteiger partial charge >= 0.3 is 0 Å². The van der Waals surface area contributed by atoms with Gasteiger partial charge in [-0.1, -0.05) is 35.5 Å². The number of nitrogens with one attached hydrogen (secondary N) is 1. The number of rotatable bonds is 3. The van der Waals surface area contributed by atoms with Crippen LogP contribution < -0.4 is 10.2 Å². The first-order chi connectivity index (χ1) is 11.7. The van der Waals surface area contributed by atoms with Crippen LogP contribution in [0, 0.1) is 0 Å². The van der Waals surface area contributed by atoms with Gasteiger partial charge in [-0.05, 0) is 42.0 Å². The van der Waals surface area contributed by atoms with E-state index in [1.165, 1.54) is 5.56 Å². The summed E-state index contributed by atoms with van der Waals surface area (Å²) in [5.74, 6) is 2.50. The molecule has 0 aliphatic carbocycles. The number of nitrogens with zero attached hydrogens (tertiary/aromatic N) is 3. The molecule has 1 unspecified atom stereocenters. The topological polar surface area (TPSA) is 52.0 Å². The lowest BCUT2D eigenvalue weighted by Crippen LogP contribution is -2.28. The van der Waals surface area contributed by atoms with E-state index < -0.39 is 0 Å². The van der Waals surface area contributed by atoms with E-state index in [0.29, 0.717) is 0 Å². The van der Waals surface area contributed by atoms with E-state index in [1.54, 1.807) is 18.9 Å². The molecule has 122 valence electrons. The molecule has 0 saturated carbocycles. The minimum Gasteiger partial charge on any atom is -0.497 e. The molecule has 3 aromatic rings. The maximum absolute atomic E-state index is 5.98. The molecule has 4 rings (SSSR count). The molecule has 24 heavy (non-hydrogen) atoms. The Morgan fingerprint density at radius 1 is 1.12 bits per heavy atom. The maximum atomic E-state index is 5.98. The molecular weight excluding hydrogens is 344 g/mol. The standard InChI is InChI=1S/C17H15ClN4OS/c1-23-14-8-4-12(5-9-14)16-19-20-17-22(16)21-15(10-24-17)11-2-6-13(18)7-3-11/h2-9,15,21H,10H2,1H3. The van der Waals surface area contributed by atoms with E-state index >= 15 is 0 Å². The SMILES string of the molecule is COc1ccc(-c2nnc3n2NC(c2ccc(Cl)cc2)CS3)cc1. The third-order valence-corrected chi connectivity index (χ3v) is 5.19. The Labute approximate surface area is 149 Å². The quantitative estimate of drug-likeness (QED) is 0.767. The second-order valence-electron chi connectivity index (χ2n) is 5.41. The second-order valence-corrected chi connectivity index (χ2v) is 6.84. The van der Waals surface area contributed by atoms with Gasteiger partial charge in [0, 0.05) is 16.3 Å². The van der Waals surface area contributed by atoms with Gasteiger partial charge in [0.25, 0.3) is 0 Å². The van der Waals surface area contributed by atoms with Gasteiger partial charge in [-0.25, -0.2) is 4.68 Å². The molecule has 5 nitrogen and oxygen atoms in total. The monoisotopic (exact) mass is 358 g/mol. The van der Waals surface area contributed by atoms with Gasteiger partial charge in [-0.15, -0.1) is 10.2 Å². The van der Waals surface area contributed by atoms with Gasteiger partial charge in [0.2, 0.25) is 5.16 Å². The molecule has 0 amide bonds. The molecule has 1 aliphatic rings. The fourth-order valence-corrected chi connectivity index (χ4v) is 3.70. The number of benzene rings is 2. The normalized spacial score (nSPS) is 16.3. The summed E-state index contributed by atoms with van der Waals surface area (Å²) in [6.07, 6.45) is 0. The van der Waals surface area contributed by atoms with Crippen molar-refractivity contribution in [2.75, 3.05) is 18.3 Å². The minimum atomic E-state index is 0.174. The van der Waals surface area contributed by atoms with E-state index in [2.05, 4.69) is 15.6 Å². The largest absolute Gasteiger partial charge is 0.497 e.